The van der Waals surface area contributed by atoms with E-state index in [4.69, 9.17) is 0 Å². The van der Waals surface area contributed by atoms with Crippen LogP contribution in [0.15, 0.2) is 55.0 Å². The molecule has 4 aromatic rings. The summed E-state index contributed by atoms with van der Waals surface area (Å²) in [6, 6.07) is 9.64. The predicted molar refractivity (Wildman–Crippen MR) is 126 cm³/mol. The lowest BCUT2D eigenvalue weighted by molar-refractivity contribution is -0.141. The lowest BCUT2D eigenvalue weighted by Crippen LogP contribution is -2.52. The summed E-state index contributed by atoms with van der Waals surface area (Å²) in [6.07, 6.45) is -0.722. The Balaban J connectivity index is 1.36. The number of carbonyl (C=O) groups excluding carboxylic acids is 3. The third-order valence-electron chi connectivity index (χ3n) is 6.29. The molecule has 0 radical (unpaired) electrons. The third-order valence-corrected chi connectivity index (χ3v) is 6.29. The van der Waals surface area contributed by atoms with Crippen molar-refractivity contribution in [1.29, 1.82) is 0 Å². The van der Waals surface area contributed by atoms with Crippen molar-refractivity contribution in [3.05, 3.63) is 77.4 Å². The lowest BCUT2D eigenvalue weighted by atomic mass is 10.1. The normalized spacial score (nSPS) is 14.3. The highest BCUT2D eigenvalue weighted by molar-refractivity contribution is 6.45. The summed E-state index contributed by atoms with van der Waals surface area (Å²) in [5.74, 6) is -1.55. The van der Waals surface area contributed by atoms with E-state index in [0.29, 0.717) is 16.5 Å². The van der Waals surface area contributed by atoms with Crippen molar-refractivity contribution in [1.82, 2.24) is 29.5 Å². The Hall–Kier alpha value is -4.48. The van der Waals surface area contributed by atoms with Crippen molar-refractivity contribution < 1.29 is 27.6 Å². The van der Waals surface area contributed by atoms with Crippen molar-refractivity contribution >= 4 is 28.5 Å². The van der Waals surface area contributed by atoms with E-state index in [0.717, 1.165) is 16.9 Å². The first kappa shape index (κ1) is 24.2. The number of hydrogen-bond donors (Lipinski definition) is 1. The molecule has 0 bridgehead atoms. The molecule has 1 aliphatic rings. The van der Waals surface area contributed by atoms with Crippen molar-refractivity contribution in [3.63, 3.8) is 0 Å². The third kappa shape index (κ3) is 4.46. The van der Waals surface area contributed by atoms with Crippen LogP contribution < -0.4 is 0 Å². The molecule has 0 aliphatic carbocycles. The quantitative estimate of drug-likeness (QED) is 0.335. The number of ketones is 1. The second-order valence-corrected chi connectivity index (χ2v) is 8.64. The number of aryl methyl sites for hydroxylation is 1. The highest BCUT2D eigenvalue weighted by atomic mass is 19.4. The number of Topliss-reactive ketones (excluding diaryl/α,β-unsaturated/α-hetero) is 1. The monoisotopic (exact) mass is 510 g/mol. The van der Waals surface area contributed by atoms with Gasteiger partial charge in [0.25, 0.3) is 17.6 Å². The SMILES string of the molecule is Cc1cnc(-n2ccc(C(F)(F)F)n2)c2[nH]cc(C(=O)C(=O)N3CCN(C(=O)c4ccccc4)CC3)c12. The molecule has 4 heterocycles. The van der Waals surface area contributed by atoms with E-state index in [1.54, 1.807) is 36.1 Å². The van der Waals surface area contributed by atoms with Gasteiger partial charge in [-0.2, -0.15) is 18.3 Å². The predicted octanol–water partition coefficient (Wildman–Crippen LogP) is 3.24. The van der Waals surface area contributed by atoms with E-state index in [1.165, 1.54) is 17.3 Å². The van der Waals surface area contributed by atoms with Crippen molar-refractivity contribution in [2.75, 3.05) is 26.2 Å². The molecule has 3 aromatic heterocycles. The van der Waals surface area contributed by atoms with Crippen molar-refractivity contribution in [3.8, 4) is 5.82 Å². The van der Waals surface area contributed by atoms with Gasteiger partial charge in [-0.3, -0.25) is 14.4 Å². The maximum Gasteiger partial charge on any atom is 0.435 e. The molecule has 0 atom stereocenters. The Kier molecular flexibility index (Phi) is 6.02. The Morgan fingerprint density at radius 3 is 2.30 bits per heavy atom. The van der Waals surface area contributed by atoms with E-state index in [9.17, 15) is 27.6 Å². The molecule has 37 heavy (non-hydrogen) atoms. The first-order chi connectivity index (χ1) is 17.6. The topological polar surface area (TPSA) is 104 Å². The number of H-pyrrole nitrogens is 1. The number of halogens is 3. The molecule has 12 heteroatoms. The Labute approximate surface area is 208 Å². The van der Waals surface area contributed by atoms with Crippen LogP contribution in [0.3, 0.4) is 0 Å². The van der Waals surface area contributed by atoms with Gasteiger partial charge >= 0.3 is 6.18 Å². The maximum absolute atomic E-state index is 13.2. The number of hydrogen-bond acceptors (Lipinski definition) is 5. The number of fused-ring (bicyclic) bond motifs is 1. The molecule has 2 amide bonds. The zero-order valence-electron chi connectivity index (χ0n) is 19.6. The van der Waals surface area contributed by atoms with Crippen LogP contribution in [0.2, 0.25) is 0 Å². The van der Waals surface area contributed by atoms with Gasteiger partial charge in [-0.1, -0.05) is 18.2 Å². The van der Waals surface area contributed by atoms with Gasteiger partial charge in [0.15, 0.2) is 11.5 Å². The van der Waals surface area contributed by atoms with Crippen LogP contribution in [0.5, 0.6) is 0 Å². The van der Waals surface area contributed by atoms with Gasteiger partial charge in [0.2, 0.25) is 0 Å². The number of aromatic nitrogens is 4. The number of rotatable bonds is 4. The zero-order chi connectivity index (χ0) is 26.3. The average Bonchev–Trinajstić information content (AvgIpc) is 3.57. The number of nitrogens with one attached hydrogen (secondary N) is 1. The zero-order valence-corrected chi connectivity index (χ0v) is 19.6. The molecule has 1 aliphatic heterocycles. The van der Waals surface area contributed by atoms with Gasteiger partial charge in [0.05, 0.1) is 11.1 Å². The first-order valence-corrected chi connectivity index (χ1v) is 11.4. The molecule has 0 spiro atoms. The Morgan fingerprint density at radius 1 is 0.973 bits per heavy atom. The molecule has 9 nitrogen and oxygen atoms in total. The number of amides is 2. The summed E-state index contributed by atoms with van der Waals surface area (Å²) >= 11 is 0. The fraction of sp³-hybridized carbons (Fsp3) is 0.240. The number of piperazine rings is 1. The molecule has 190 valence electrons. The smallest absolute Gasteiger partial charge is 0.357 e. The lowest BCUT2D eigenvalue weighted by Gasteiger charge is -2.34. The van der Waals surface area contributed by atoms with Gasteiger partial charge < -0.3 is 14.8 Å². The number of benzene rings is 1. The molecule has 1 N–H and O–H groups in total. The van der Waals surface area contributed by atoms with Crippen molar-refractivity contribution in [2.45, 2.75) is 13.1 Å². The maximum atomic E-state index is 13.2. The highest BCUT2D eigenvalue weighted by Gasteiger charge is 2.34. The number of pyridine rings is 1. The molecule has 0 unspecified atom stereocenters. The van der Waals surface area contributed by atoms with Gasteiger partial charge in [0, 0.05) is 55.7 Å². The van der Waals surface area contributed by atoms with E-state index >= 15 is 0 Å². The van der Waals surface area contributed by atoms with E-state index in [2.05, 4.69) is 15.1 Å². The van der Waals surface area contributed by atoms with Crippen LogP contribution in [0, 0.1) is 6.92 Å². The summed E-state index contributed by atoms with van der Waals surface area (Å²) in [5, 5.41) is 3.93. The van der Waals surface area contributed by atoms with Crippen molar-refractivity contribution in [2.24, 2.45) is 0 Å². The van der Waals surface area contributed by atoms with Crippen LogP contribution in [-0.2, 0) is 11.0 Å². The Bertz CT molecular complexity index is 1500. The summed E-state index contributed by atoms with van der Waals surface area (Å²) in [7, 11) is 0. The minimum Gasteiger partial charge on any atom is -0.357 e. The molecular formula is C25H21F3N6O3. The highest BCUT2D eigenvalue weighted by Crippen LogP contribution is 2.30. The van der Waals surface area contributed by atoms with E-state index < -0.39 is 23.6 Å². The van der Waals surface area contributed by atoms with E-state index in [1.807, 2.05) is 6.07 Å². The fourth-order valence-corrected chi connectivity index (χ4v) is 4.38. The van der Waals surface area contributed by atoms with Gasteiger partial charge in [0.1, 0.15) is 0 Å². The van der Waals surface area contributed by atoms with Crippen LogP contribution in [0.25, 0.3) is 16.7 Å². The van der Waals surface area contributed by atoms with Gasteiger partial charge in [-0.15, -0.1) is 0 Å². The van der Waals surface area contributed by atoms with Crippen LogP contribution >= 0.6 is 0 Å². The molecule has 1 fully saturated rings. The first-order valence-electron chi connectivity index (χ1n) is 11.4. The number of alkyl halides is 3. The van der Waals surface area contributed by atoms with Crippen LogP contribution in [-0.4, -0.2) is 73.3 Å². The second kappa shape index (κ2) is 9.19. The summed E-state index contributed by atoms with van der Waals surface area (Å²) in [6.45, 7) is 2.66. The molecule has 1 saturated heterocycles. The van der Waals surface area contributed by atoms with Crippen LogP contribution in [0.1, 0.15) is 32.0 Å². The minimum atomic E-state index is -4.62. The van der Waals surface area contributed by atoms with E-state index in [-0.39, 0.29) is 49.0 Å². The number of nitrogens with zero attached hydrogens (tertiary/aromatic N) is 5. The van der Waals surface area contributed by atoms with Crippen LogP contribution in [0.4, 0.5) is 13.2 Å². The van der Waals surface area contributed by atoms with Gasteiger partial charge in [-0.25, -0.2) is 9.67 Å². The molecule has 0 saturated carbocycles. The molecule has 1 aromatic carbocycles. The molecule has 5 rings (SSSR count). The summed E-state index contributed by atoms with van der Waals surface area (Å²) < 4.78 is 40.0. The Morgan fingerprint density at radius 2 is 1.65 bits per heavy atom. The largest absolute Gasteiger partial charge is 0.435 e. The standard InChI is InChI=1S/C25H21F3N6O3/c1-15-13-30-22(34-8-7-18(31-34)25(26,27)28)20-19(15)17(14-29-20)21(35)24(37)33-11-9-32(10-12-33)23(36)16-5-3-2-4-6-16/h2-8,13-14,29H,9-12H2,1H3. The minimum absolute atomic E-state index is 0.0654. The summed E-state index contributed by atoms with van der Waals surface area (Å²) in [4.78, 5) is 49.0. The summed E-state index contributed by atoms with van der Waals surface area (Å²) in [5.41, 5.74) is 0.415. The average molecular weight is 510 g/mol. The second-order valence-electron chi connectivity index (χ2n) is 8.64. The van der Waals surface area contributed by atoms with Gasteiger partial charge in [-0.05, 0) is 30.7 Å². The number of carbonyl (C=O) groups is 3. The fourth-order valence-electron chi connectivity index (χ4n) is 4.38. The molecular weight excluding hydrogens is 489 g/mol. The number of aromatic amines is 1.